The SMILES string of the molecule is CCN1C(=O)C(C)(C)COc2cc(NC(=O)Cn3c(=O)oc4ccccc43)ccc21. The molecular weight excluding hydrogens is 386 g/mol. The molecule has 0 spiro atoms. The number of anilines is 2. The van der Waals surface area contributed by atoms with E-state index in [1.807, 2.05) is 20.8 Å². The van der Waals surface area contributed by atoms with Gasteiger partial charge in [-0.1, -0.05) is 12.1 Å². The van der Waals surface area contributed by atoms with Crippen molar-refractivity contribution in [1.29, 1.82) is 0 Å². The molecule has 1 N–H and O–H groups in total. The number of aromatic nitrogens is 1. The van der Waals surface area contributed by atoms with Gasteiger partial charge in [-0.15, -0.1) is 0 Å². The third-order valence-corrected chi connectivity index (χ3v) is 5.14. The number of amides is 2. The number of carbonyl (C=O) groups excluding carboxylic acids is 2. The first-order valence-electron chi connectivity index (χ1n) is 9.77. The molecule has 1 aliphatic heterocycles. The van der Waals surface area contributed by atoms with Crippen molar-refractivity contribution < 1.29 is 18.7 Å². The van der Waals surface area contributed by atoms with Crippen molar-refractivity contribution in [3.63, 3.8) is 0 Å². The second kappa shape index (κ2) is 7.37. The van der Waals surface area contributed by atoms with Crippen molar-refractivity contribution in [2.75, 3.05) is 23.4 Å². The minimum Gasteiger partial charge on any atom is -0.490 e. The zero-order valence-corrected chi connectivity index (χ0v) is 17.1. The Morgan fingerprint density at radius 3 is 2.70 bits per heavy atom. The Morgan fingerprint density at radius 2 is 1.93 bits per heavy atom. The highest BCUT2D eigenvalue weighted by molar-refractivity contribution is 6.00. The van der Waals surface area contributed by atoms with E-state index in [9.17, 15) is 14.4 Å². The molecule has 0 aliphatic carbocycles. The van der Waals surface area contributed by atoms with Crippen molar-refractivity contribution in [2.24, 2.45) is 5.41 Å². The van der Waals surface area contributed by atoms with E-state index in [4.69, 9.17) is 9.15 Å². The standard InChI is InChI=1S/C22H23N3O5/c1-4-24-16-10-9-14(11-18(16)29-13-22(2,3)20(24)27)23-19(26)12-25-15-7-5-6-8-17(15)30-21(25)28/h5-11H,4,12-13H2,1-3H3,(H,23,26). The predicted molar refractivity (Wildman–Crippen MR) is 113 cm³/mol. The van der Waals surface area contributed by atoms with E-state index in [0.717, 1.165) is 0 Å². The summed E-state index contributed by atoms with van der Waals surface area (Å²) in [7, 11) is 0. The molecule has 8 nitrogen and oxygen atoms in total. The molecule has 2 aromatic carbocycles. The Kier molecular flexibility index (Phi) is 4.85. The lowest BCUT2D eigenvalue weighted by Crippen LogP contribution is -2.42. The average molecular weight is 409 g/mol. The largest absolute Gasteiger partial charge is 0.490 e. The molecule has 1 aromatic heterocycles. The lowest BCUT2D eigenvalue weighted by atomic mass is 9.93. The number of rotatable bonds is 4. The normalized spacial score (nSPS) is 15.4. The Hall–Kier alpha value is -3.55. The van der Waals surface area contributed by atoms with Gasteiger partial charge in [-0.2, -0.15) is 0 Å². The molecule has 0 saturated heterocycles. The number of oxazole rings is 1. The van der Waals surface area contributed by atoms with Gasteiger partial charge in [-0.3, -0.25) is 14.2 Å². The van der Waals surface area contributed by atoms with Gasteiger partial charge < -0.3 is 19.4 Å². The molecule has 0 fully saturated rings. The second-order valence-corrected chi connectivity index (χ2v) is 7.87. The van der Waals surface area contributed by atoms with Crippen LogP contribution in [-0.4, -0.2) is 29.5 Å². The summed E-state index contributed by atoms with van der Waals surface area (Å²) in [5.74, 6) is -0.442. The van der Waals surface area contributed by atoms with E-state index < -0.39 is 11.2 Å². The van der Waals surface area contributed by atoms with Crippen LogP contribution < -0.4 is 20.7 Å². The van der Waals surface area contributed by atoms with Gasteiger partial charge in [0.2, 0.25) is 11.8 Å². The lowest BCUT2D eigenvalue weighted by Gasteiger charge is -2.26. The Morgan fingerprint density at radius 1 is 1.17 bits per heavy atom. The zero-order valence-electron chi connectivity index (χ0n) is 17.1. The highest BCUT2D eigenvalue weighted by atomic mass is 16.5. The van der Waals surface area contributed by atoms with Crippen molar-refractivity contribution in [3.05, 3.63) is 53.0 Å². The van der Waals surface area contributed by atoms with E-state index in [-0.39, 0.29) is 25.0 Å². The summed E-state index contributed by atoms with van der Waals surface area (Å²) in [6, 6.07) is 12.1. The molecule has 2 amide bonds. The van der Waals surface area contributed by atoms with E-state index >= 15 is 0 Å². The third-order valence-electron chi connectivity index (χ3n) is 5.14. The maximum absolute atomic E-state index is 12.8. The van der Waals surface area contributed by atoms with Gasteiger partial charge in [-0.05, 0) is 45.0 Å². The van der Waals surface area contributed by atoms with Crippen LogP contribution in [0, 0.1) is 5.41 Å². The topological polar surface area (TPSA) is 93.8 Å². The molecule has 0 bridgehead atoms. The van der Waals surface area contributed by atoms with Crippen molar-refractivity contribution >= 4 is 34.3 Å². The highest BCUT2D eigenvalue weighted by Gasteiger charge is 2.37. The van der Waals surface area contributed by atoms with Crippen LogP contribution in [0.3, 0.4) is 0 Å². The summed E-state index contributed by atoms with van der Waals surface area (Å²) < 4.78 is 12.3. The number of para-hydroxylation sites is 2. The summed E-state index contributed by atoms with van der Waals surface area (Å²) in [4.78, 5) is 39.1. The average Bonchev–Trinajstić information content (AvgIpc) is 2.98. The monoisotopic (exact) mass is 409 g/mol. The zero-order chi connectivity index (χ0) is 21.5. The van der Waals surface area contributed by atoms with Crippen molar-refractivity contribution in [2.45, 2.75) is 27.3 Å². The molecular formula is C22H23N3O5. The van der Waals surface area contributed by atoms with Crippen LogP contribution >= 0.6 is 0 Å². The fourth-order valence-electron chi connectivity index (χ4n) is 3.55. The molecule has 0 saturated carbocycles. The molecule has 0 atom stereocenters. The summed E-state index contributed by atoms with van der Waals surface area (Å²) in [5.41, 5.74) is 1.52. The summed E-state index contributed by atoms with van der Waals surface area (Å²) in [6.07, 6.45) is 0. The Balaban J connectivity index is 1.57. The molecule has 0 radical (unpaired) electrons. The minimum atomic E-state index is -0.651. The highest BCUT2D eigenvalue weighted by Crippen LogP contribution is 2.38. The van der Waals surface area contributed by atoms with Crippen LogP contribution in [0.4, 0.5) is 11.4 Å². The number of nitrogens with zero attached hydrogens (tertiary/aromatic N) is 2. The number of ether oxygens (including phenoxy) is 1. The molecule has 8 heteroatoms. The molecule has 4 rings (SSSR count). The lowest BCUT2D eigenvalue weighted by molar-refractivity contribution is -0.127. The second-order valence-electron chi connectivity index (χ2n) is 7.87. The van der Waals surface area contributed by atoms with E-state index in [2.05, 4.69) is 5.32 Å². The summed E-state index contributed by atoms with van der Waals surface area (Å²) in [5, 5.41) is 2.78. The first-order valence-corrected chi connectivity index (χ1v) is 9.77. The van der Waals surface area contributed by atoms with Crippen LogP contribution in [0.15, 0.2) is 51.7 Å². The fraction of sp³-hybridized carbons (Fsp3) is 0.318. The van der Waals surface area contributed by atoms with Crippen LogP contribution in [0.25, 0.3) is 11.1 Å². The number of nitrogens with one attached hydrogen (secondary N) is 1. The number of fused-ring (bicyclic) bond motifs is 2. The maximum atomic E-state index is 12.8. The van der Waals surface area contributed by atoms with Gasteiger partial charge >= 0.3 is 5.76 Å². The first-order chi connectivity index (χ1) is 14.3. The quantitative estimate of drug-likeness (QED) is 0.715. The van der Waals surface area contributed by atoms with Crippen molar-refractivity contribution in [1.82, 2.24) is 4.57 Å². The number of hydrogen-bond acceptors (Lipinski definition) is 5. The third kappa shape index (κ3) is 3.45. The van der Waals surface area contributed by atoms with Crippen LogP contribution in [0.2, 0.25) is 0 Å². The predicted octanol–water partition coefficient (Wildman–Crippen LogP) is 3.00. The van der Waals surface area contributed by atoms with Gasteiger partial charge in [0.1, 0.15) is 18.9 Å². The van der Waals surface area contributed by atoms with Crippen LogP contribution in [0.1, 0.15) is 20.8 Å². The number of carbonyl (C=O) groups is 2. The molecule has 0 unspecified atom stereocenters. The van der Waals surface area contributed by atoms with E-state index in [1.54, 1.807) is 47.4 Å². The number of benzene rings is 2. The van der Waals surface area contributed by atoms with Gasteiger partial charge in [0, 0.05) is 18.3 Å². The smallest absolute Gasteiger partial charge is 0.420 e. The van der Waals surface area contributed by atoms with E-state index in [0.29, 0.717) is 34.8 Å². The molecule has 3 aromatic rings. The van der Waals surface area contributed by atoms with Crippen LogP contribution in [0.5, 0.6) is 5.75 Å². The molecule has 2 heterocycles. The molecule has 30 heavy (non-hydrogen) atoms. The van der Waals surface area contributed by atoms with Gasteiger partial charge in [0.25, 0.3) is 0 Å². The Labute approximate surface area is 173 Å². The van der Waals surface area contributed by atoms with Crippen LogP contribution in [-0.2, 0) is 16.1 Å². The van der Waals surface area contributed by atoms with Gasteiger partial charge in [0.05, 0.1) is 16.6 Å². The summed E-state index contributed by atoms with van der Waals surface area (Å²) in [6.45, 7) is 6.18. The fourth-order valence-corrected chi connectivity index (χ4v) is 3.55. The van der Waals surface area contributed by atoms with E-state index in [1.165, 1.54) is 4.57 Å². The minimum absolute atomic E-state index is 0.00764. The maximum Gasteiger partial charge on any atom is 0.420 e. The van der Waals surface area contributed by atoms with Gasteiger partial charge in [-0.25, -0.2) is 4.79 Å². The van der Waals surface area contributed by atoms with Gasteiger partial charge in [0.15, 0.2) is 5.58 Å². The molecule has 156 valence electrons. The molecule has 1 aliphatic rings. The summed E-state index contributed by atoms with van der Waals surface area (Å²) >= 11 is 0. The Bertz CT molecular complexity index is 1190. The number of hydrogen-bond donors (Lipinski definition) is 1. The van der Waals surface area contributed by atoms with Crippen molar-refractivity contribution in [3.8, 4) is 5.75 Å². The first kappa shape index (κ1) is 19.8.